The Balaban J connectivity index is 2.26. The van der Waals surface area contributed by atoms with Gasteiger partial charge >= 0.3 is 0 Å². The Bertz CT molecular complexity index is 296. The number of aromatic nitrogens is 1. The zero-order valence-electron chi connectivity index (χ0n) is 10.8. The third kappa shape index (κ3) is 4.49. The van der Waals surface area contributed by atoms with Crippen molar-refractivity contribution in [3.05, 3.63) is 11.1 Å². The maximum absolute atomic E-state index is 4.53. The minimum Gasteiger partial charge on any atom is -0.354 e. The van der Waals surface area contributed by atoms with Crippen molar-refractivity contribution in [2.24, 2.45) is 5.92 Å². The van der Waals surface area contributed by atoms with Gasteiger partial charge in [-0.2, -0.15) is 0 Å². The summed E-state index contributed by atoms with van der Waals surface area (Å²) in [5.74, 6) is 0.761. The lowest BCUT2D eigenvalue weighted by Crippen LogP contribution is -2.20. The van der Waals surface area contributed by atoms with Gasteiger partial charge in [0.2, 0.25) is 0 Å². The summed E-state index contributed by atoms with van der Waals surface area (Å²) < 4.78 is 0. The molecule has 0 aromatic carbocycles. The Morgan fingerprint density at radius 1 is 1.50 bits per heavy atom. The zero-order valence-corrected chi connectivity index (χ0v) is 11.6. The average molecular weight is 241 g/mol. The molecule has 0 aliphatic heterocycles. The molecule has 0 radical (unpaired) electrons. The van der Waals surface area contributed by atoms with Crippen LogP contribution in [-0.2, 0) is 6.54 Å². The van der Waals surface area contributed by atoms with Gasteiger partial charge in [-0.25, -0.2) is 4.98 Å². The van der Waals surface area contributed by atoms with Gasteiger partial charge in [-0.05, 0) is 18.9 Å². The van der Waals surface area contributed by atoms with E-state index in [1.807, 2.05) is 19.0 Å². The standard InChI is InChI=1S/C12H23N3S/c1-5-6-10(2)7-13-8-11-9-16-12(14-11)15(3)4/h9-10,13H,5-8H2,1-4H3. The smallest absolute Gasteiger partial charge is 0.185 e. The lowest BCUT2D eigenvalue weighted by molar-refractivity contribution is 0.474. The number of hydrogen-bond acceptors (Lipinski definition) is 4. The van der Waals surface area contributed by atoms with Gasteiger partial charge in [-0.1, -0.05) is 20.3 Å². The summed E-state index contributed by atoms with van der Waals surface area (Å²) in [6.45, 7) is 6.50. The van der Waals surface area contributed by atoms with Gasteiger partial charge in [-0.15, -0.1) is 11.3 Å². The number of hydrogen-bond donors (Lipinski definition) is 1. The zero-order chi connectivity index (χ0) is 12.0. The van der Waals surface area contributed by atoms with Gasteiger partial charge in [0, 0.05) is 26.0 Å². The van der Waals surface area contributed by atoms with Crippen LogP contribution in [0, 0.1) is 5.92 Å². The van der Waals surface area contributed by atoms with Crippen LogP contribution in [-0.4, -0.2) is 25.6 Å². The van der Waals surface area contributed by atoms with Crippen LogP contribution in [0.2, 0.25) is 0 Å². The fraction of sp³-hybridized carbons (Fsp3) is 0.750. The van der Waals surface area contributed by atoms with Crippen LogP contribution < -0.4 is 10.2 Å². The first-order valence-electron chi connectivity index (χ1n) is 5.96. The summed E-state index contributed by atoms with van der Waals surface area (Å²) in [6, 6.07) is 0. The Labute approximate surface area is 103 Å². The molecule has 1 aromatic heterocycles. The first-order chi connectivity index (χ1) is 7.63. The van der Waals surface area contributed by atoms with Crippen LogP contribution in [0.5, 0.6) is 0 Å². The molecular weight excluding hydrogens is 218 g/mol. The lowest BCUT2D eigenvalue weighted by Gasteiger charge is -2.10. The van der Waals surface area contributed by atoms with E-state index < -0.39 is 0 Å². The highest BCUT2D eigenvalue weighted by molar-refractivity contribution is 7.13. The van der Waals surface area contributed by atoms with E-state index in [-0.39, 0.29) is 0 Å². The number of nitrogens with zero attached hydrogens (tertiary/aromatic N) is 2. The molecule has 1 rings (SSSR count). The van der Waals surface area contributed by atoms with Gasteiger partial charge in [0.25, 0.3) is 0 Å². The van der Waals surface area contributed by atoms with Crippen LogP contribution in [0.15, 0.2) is 5.38 Å². The minimum absolute atomic E-state index is 0.761. The van der Waals surface area contributed by atoms with Gasteiger partial charge in [0.15, 0.2) is 5.13 Å². The molecule has 16 heavy (non-hydrogen) atoms. The predicted molar refractivity (Wildman–Crippen MR) is 72.2 cm³/mol. The second-order valence-corrected chi connectivity index (χ2v) is 5.38. The normalized spacial score (nSPS) is 12.8. The molecule has 92 valence electrons. The van der Waals surface area contributed by atoms with E-state index in [9.17, 15) is 0 Å². The van der Waals surface area contributed by atoms with Crippen molar-refractivity contribution in [1.29, 1.82) is 0 Å². The highest BCUT2D eigenvalue weighted by Crippen LogP contribution is 2.17. The third-order valence-corrected chi connectivity index (χ3v) is 3.56. The molecule has 0 amide bonds. The van der Waals surface area contributed by atoms with Crippen LogP contribution in [0.3, 0.4) is 0 Å². The Morgan fingerprint density at radius 3 is 2.81 bits per heavy atom. The molecule has 0 fully saturated rings. The summed E-state index contributed by atoms with van der Waals surface area (Å²) in [6.07, 6.45) is 2.57. The highest BCUT2D eigenvalue weighted by atomic mass is 32.1. The van der Waals surface area contributed by atoms with Crippen LogP contribution >= 0.6 is 11.3 Å². The monoisotopic (exact) mass is 241 g/mol. The van der Waals surface area contributed by atoms with Crippen molar-refractivity contribution in [2.75, 3.05) is 25.5 Å². The molecule has 3 nitrogen and oxygen atoms in total. The lowest BCUT2D eigenvalue weighted by atomic mass is 10.1. The molecule has 4 heteroatoms. The molecule has 0 saturated heterocycles. The Morgan fingerprint density at radius 2 is 2.25 bits per heavy atom. The summed E-state index contributed by atoms with van der Waals surface area (Å²) in [5, 5.41) is 6.68. The van der Waals surface area contributed by atoms with Crippen LogP contribution in [0.25, 0.3) is 0 Å². The summed E-state index contributed by atoms with van der Waals surface area (Å²) in [5.41, 5.74) is 1.15. The van der Waals surface area contributed by atoms with Crippen molar-refractivity contribution in [3.63, 3.8) is 0 Å². The molecule has 0 bridgehead atoms. The maximum Gasteiger partial charge on any atom is 0.185 e. The highest BCUT2D eigenvalue weighted by Gasteiger charge is 2.04. The Kier molecular flexibility index (Phi) is 5.77. The van der Waals surface area contributed by atoms with Gasteiger partial charge in [0.05, 0.1) is 5.69 Å². The molecule has 1 unspecified atom stereocenters. The quantitative estimate of drug-likeness (QED) is 0.795. The van der Waals surface area contributed by atoms with Crippen molar-refractivity contribution >= 4 is 16.5 Å². The second-order valence-electron chi connectivity index (χ2n) is 4.54. The molecule has 0 aliphatic rings. The van der Waals surface area contributed by atoms with Gasteiger partial charge in [0.1, 0.15) is 0 Å². The van der Waals surface area contributed by atoms with Crippen LogP contribution in [0.1, 0.15) is 32.4 Å². The average Bonchev–Trinajstić information content (AvgIpc) is 2.67. The van der Waals surface area contributed by atoms with E-state index in [1.54, 1.807) is 11.3 Å². The van der Waals surface area contributed by atoms with E-state index in [4.69, 9.17) is 0 Å². The van der Waals surface area contributed by atoms with E-state index in [0.717, 1.165) is 29.8 Å². The van der Waals surface area contributed by atoms with Crippen molar-refractivity contribution in [1.82, 2.24) is 10.3 Å². The molecule has 0 saturated carbocycles. The van der Waals surface area contributed by atoms with E-state index in [0.29, 0.717) is 0 Å². The Hall–Kier alpha value is -0.610. The molecule has 0 spiro atoms. The summed E-state index contributed by atoms with van der Waals surface area (Å²) in [4.78, 5) is 6.58. The predicted octanol–water partition coefficient (Wildman–Crippen LogP) is 2.73. The fourth-order valence-corrected chi connectivity index (χ4v) is 2.38. The SMILES string of the molecule is CCCC(C)CNCc1csc(N(C)C)n1. The molecule has 1 heterocycles. The third-order valence-electron chi connectivity index (χ3n) is 2.50. The largest absolute Gasteiger partial charge is 0.354 e. The maximum atomic E-state index is 4.53. The van der Waals surface area contributed by atoms with E-state index >= 15 is 0 Å². The van der Waals surface area contributed by atoms with Gasteiger partial charge < -0.3 is 10.2 Å². The first-order valence-corrected chi connectivity index (χ1v) is 6.84. The first kappa shape index (κ1) is 13.5. The van der Waals surface area contributed by atoms with Crippen LogP contribution in [0.4, 0.5) is 5.13 Å². The number of anilines is 1. The summed E-state index contributed by atoms with van der Waals surface area (Å²) in [7, 11) is 4.05. The summed E-state index contributed by atoms with van der Waals surface area (Å²) >= 11 is 1.70. The molecular formula is C12H23N3S. The fourth-order valence-electron chi connectivity index (χ4n) is 1.62. The number of rotatable bonds is 7. The van der Waals surface area contributed by atoms with Crippen molar-refractivity contribution < 1.29 is 0 Å². The molecule has 0 aliphatic carbocycles. The molecule has 1 atom stereocenters. The van der Waals surface area contributed by atoms with Crippen molar-refractivity contribution in [2.45, 2.75) is 33.2 Å². The number of nitrogens with one attached hydrogen (secondary N) is 1. The number of thiazole rings is 1. The van der Waals surface area contributed by atoms with Gasteiger partial charge in [-0.3, -0.25) is 0 Å². The molecule has 1 aromatic rings. The van der Waals surface area contributed by atoms with E-state index in [1.165, 1.54) is 12.8 Å². The second kappa shape index (κ2) is 6.86. The molecule has 1 N–H and O–H groups in total. The minimum atomic E-state index is 0.761. The van der Waals surface area contributed by atoms with E-state index in [2.05, 4.69) is 29.5 Å². The topological polar surface area (TPSA) is 28.2 Å². The van der Waals surface area contributed by atoms with Crippen molar-refractivity contribution in [3.8, 4) is 0 Å².